The van der Waals surface area contributed by atoms with Crippen LogP contribution in [0, 0.1) is 0 Å². The number of rotatable bonds is 0. The van der Waals surface area contributed by atoms with Crippen molar-refractivity contribution in [2.75, 3.05) is 6.54 Å². The zero-order valence-electron chi connectivity index (χ0n) is 5.65. The van der Waals surface area contributed by atoms with Crippen molar-refractivity contribution in [2.24, 2.45) is 5.73 Å². The molecule has 0 aromatic heterocycles. The fourth-order valence-electron chi connectivity index (χ4n) is 0.903. The molecule has 0 aliphatic carbocycles. The highest BCUT2D eigenvalue weighted by molar-refractivity contribution is 5.98. The largest absolute Gasteiger partial charge is 0.358 e. The van der Waals surface area contributed by atoms with Crippen molar-refractivity contribution < 1.29 is 19.8 Å². The monoisotopic (exact) mass is 160 g/mol. The highest BCUT2D eigenvalue weighted by Crippen LogP contribution is 2.18. The summed E-state index contributed by atoms with van der Waals surface area (Å²) in [4.78, 5) is 21.8. The summed E-state index contributed by atoms with van der Waals surface area (Å²) in [5.74, 6) is -3.46. The second-order valence-corrected chi connectivity index (χ2v) is 2.36. The van der Waals surface area contributed by atoms with Crippen LogP contribution < -0.4 is 5.73 Å². The highest BCUT2D eigenvalue weighted by Gasteiger charge is 2.45. The number of carbonyl (C=O) groups excluding carboxylic acids is 2. The summed E-state index contributed by atoms with van der Waals surface area (Å²) in [6.45, 7) is -0.0405. The van der Waals surface area contributed by atoms with Crippen LogP contribution in [-0.4, -0.2) is 39.4 Å². The van der Waals surface area contributed by atoms with Gasteiger partial charge in [0.1, 0.15) is 0 Å². The predicted octanol–water partition coefficient (Wildman–Crippen LogP) is -2.02. The lowest BCUT2D eigenvalue weighted by Gasteiger charge is -2.13. The number of hydrogen-bond acceptors (Lipinski definition) is 4. The van der Waals surface area contributed by atoms with E-state index in [-0.39, 0.29) is 13.0 Å². The Morgan fingerprint density at radius 3 is 2.36 bits per heavy atom. The van der Waals surface area contributed by atoms with Crippen molar-refractivity contribution in [3.05, 3.63) is 0 Å². The first-order valence-corrected chi connectivity index (χ1v) is 3.01. The Hall–Kier alpha value is -1.14. The van der Waals surface area contributed by atoms with Crippen molar-refractivity contribution in [3.63, 3.8) is 0 Å². The number of carbonyl (C=O) groups is 2. The minimum absolute atomic E-state index is 0.0405. The molecule has 1 aliphatic heterocycles. The van der Waals surface area contributed by atoms with Crippen LogP contribution in [0.25, 0.3) is 0 Å². The van der Waals surface area contributed by atoms with Gasteiger partial charge in [0.2, 0.25) is 5.79 Å². The highest BCUT2D eigenvalue weighted by atomic mass is 16.5. The van der Waals surface area contributed by atoms with E-state index < -0.39 is 17.7 Å². The molecular formula is C5H8N2O4. The van der Waals surface area contributed by atoms with Gasteiger partial charge in [0, 0.05) is 13.0 Å². The van der Waals surface area contributed by atoms with Gasteiger partial charge in [-0.15, -0.1) is 0 Å². The SMILES string of the molecule is NC(=O)N1CCC(O)(O)C1=O. The summed E-state index contributed by atoms with van der Waals surface area (Å²) in [5.41, 5.74) is 4.75. The van der Waals surface area contributed by atoms with Crippen LogP contribution in [0.4, 0.5) is 4.79 Å². The average Bonchev–Trinajstić information content (AvgIpc) is 2.09. The molecule has 0 unspecified atom stereocenters. The molecule has 62 valence electrons. The summed E-state index contributed by atoms with van der Waals surface area (Å²) < 4.78 is 0. The van der Waals surface area contributed by atoms with Crippen LogP contribution >= 0.6 is 0 Å². The van der Waals surface area contributed by atoms with Gasteiger partial charge in [0.15, 0.2) is 0 Å². The molecule has 1 rings (SSSR count). The summed E-state index contributed by atoms with van der Waals surface area (Å²) in [5, 5.41) is 17.7. The third-order valence-electron chi connectivity index (χ3n) is 1.54. The van der Waals surface area contributed by atoms with Crippen LogP contribution in [0.15, 0.2) is 0 Å². The average molecular weight is 160 g/mol. The number of nitrogens with zero attached hydrogens (tertiary/aromatic N) is 1. The first-order valence-electron chi connectivity index (χ1n) is 3.01. The molecule has 4 N–H and O–H groups in total. The number of nitrogens with two attached hydrogens (primary N) is 1. The molecular weight excluding hydrogens is 152 g/mol. The number of imide groups is 1. The van der Waals surface area contributed by atoms with Crippen LogP contribution in [0.1, 0.15) is 6.42 Å². The zero-order chi connectivity index (χ0) is 8.65. The smallest absolute Gasteiger partial charge is 0.321 e. The normalized spacial score (nSPS) is 22.4. The molecule has 0 aromatic carbocycles. The number of aliphatic hydroxyl groups is 2. The second-order valence-electron chi connectivity index (χ2n) is 2.36. The molecule has 6 nitrogen and oxygen atoms in total. The van der Waals surface area contributed by atoms with E-state index in [1.807, 2.05) is 0 Å². The van der Waals surface area contributed by atoms with Crippen molar-refractivity contribution >= 4 is 11.9 Å². The lowest BCUT2D eigenvalue weighted by atomic mass is 10.2. The van der Waals surface area contributed by atoms with Gasteiger partial charge in [0.05, 0.1) is 0 Å². The zero-order valence-corrected chi connectivity index (χ0v) is 5.65. The molecule has 11 heavy (non-hydrogen) atoms. The molecule has 1 aliphatic rings. The Morgan fingerprint density at radius 2 is 2.18 bits per heavy atom. The third-order valence-corrected chi connectivity index (χ3v) is 1.54. The molecule has 1 heterocycles. The Kier molecular flexibility index (Phi) is 1.57. The van der Waals surface area contributed by atoms with Gasteiger partial charge < -0.3 is 15.9 Å². The quantitative estimate of drug-likeness (QED) is 0.356. The Labute approximate surface area is 62.2 Å². The lowest BCUT2D eigenvalue weighted by molar-refractivity contribution is -0.180. The van der Waals surface area contributed by atoms with Crippen LogP contribution in [-0.2, 0) is 4.79 Å². The predicted molar refractivity (Wildman–Crippen MR) is 33.1 cm³/mol. The van der Waals surface area contributed by atoms with Gasteiger partial charge in [-0.2, -0.15) is 0 Å². The molecule has 0 spiro atoms. The lowest BCUT2D eigenvalue weighted by Crippen LogP contribution is -2.44. The molecule has 6 heteroatoms. The Bertz CT molecular complexity index is 213. The van der Waals surface area contributed by atoms with E-state index in [1.165, 1.54) is 0 Å². The van der Waals surface area contributed by atoms with Crippen LogP contribution in [0.2, 0.25) is 0 Å². The van der Waals surface area contributed by atoms with E-state index in [2.05, 4.69) is 0 Å². The fourth-order valence-corrected chi connectivity index (χ4v) is 0.903. The van der Waals surface area contributed by atoms with Gasteiger partial charge in [-0.05, 0) is 0 Å². The molecule has 0 saturated carbocycles. The Balaban J connectivity index is 2.79. The summed E-state index contributed by atoms with van der Waals surface area (Å²) in [6.07, 6.45) is -0.186. The van der Waals surface area contributed by atoms with E-state index in [0.29, 0.717) is 4.90 Å². The maximum atomic E-state index is 10.8. The molecule has 1 fully saturated rings. The van der Waals surface area contributed by atoms with Crippen molar-refractivity contribution in [3.8, 4) is 0 Å². The topological polar surface area (TPSA) is 104 Å². The second kappa shape index (κ2) is 2.18. The number of primary amides is 1. The van der Waals surface area contributed by atoms with Crippen LogP contribution in [0.5, 0.6) is 0 Å². The molecule has 1 saturated heterocycles. The maximum Gasteiger partial charge on any atom is 0.321 e. The van der Waals surface area contributed by atoms with Gasteiger partial charge >= 0.3 is 6.03 Å². The first-order chi connectivity index (χ1) is 4.95. The summed E-state index contributed by atoms with van der Waals surface area (Å²) >= 11 is 0. The molecule has 0 radical (unpaired) electrons. The standard InChI is InChI=1S/C5H8N2O4/c6-4(9)7-2-1-5(10,11)3(7)8/h10-11H,1-2H2,(H2,6,9). The number of amides is 3. The van der Waals surface area contributed by atoms with E-state index in [9.17, 15) is 9.59 Å². The minimum Gasteiger partial charge on any atom is -0.358 e. The van der Waals surface area contributed by atoms with Gasteiger partial charge in [-0.3, -0.25) is 9.69 Å². The van der Waals surface area contributed by atoms with Gasteiger partial charge in [0.25, 0.3) is 5.91 Å². The minimum atomic E-state index is -2.41. The maximum absolute atomic E-state index is 10.8. The molecule has 3 amide bonds. The van der Waals surface area contributed by atoms with Crippen molar-refractivity contribution in [1.29, 1.82) is 0 Å². The number of urea groups is 1. The van der Waals surface area contributed by atoms with E-state index in [1.54, 1.807) is 0 Å². The summed E-state index contributed by atoms with van der Waals surface area (Å²) in [6, 6.07) is -0.958. The number of hydrogen-bond donors (Lipinski definition) is 3. The molecule has 0 atom stereocenters. The van der Waals surface area contributed by atoms with Gasteiger partial charge in [-0.1, -0.05) is 0 Å². The number of likely N-dealkylation sites (tertiary alicyclic amines) is 1. The summed E-state index contributed by atoms with van der Waals surface area (Å²) in [7, 11) is 0. The Morgan fingerprint density at radius 1 is 1.64 bits per heavy atom. The molecule has 0 aromatic rings. The molecule has 0 bridgehead atoms. The van der Waals surface area contributed by atoms with Gasteiger partial charge in [-0.25, -0.2) is 4.79 Å². The van der Waals surface area contributed by atoms with E-state index >= 15 is 0 Å². The third kappa shape index (κ3) is 1.17. The van der Waals surface area contributed by atoms with Crippen molar-refractivity contribution in [2.45, 2.75) is 12.2 Å². The van der Waals surface area contributed by atoms with E-state index in [0.717, 1.165) is 0 Å². The fraction of sp³-hybridized carbons (Fsp3) is 0.600. The van der Waals surface area contributed by atoms with Crippen LogP contribution in [0.3, 0.4) is 0 Å². The first kappa shape index (κ1) is 7.96. The van der Waals surface area contributed by atoms with Crippen molar-refractivity contribution in [1.82, 2.24) is 4.90 Å². The van der Waals surface area contributed by atoms with E-state index in [4.69, 9.17) is 15.9 Å².